The van der Waals surface area contributed by atoms with Crippen LogP contribution in [0, 0.1) is 5.41 Å². The van der Waals surface area contributed by atoms with E-state index >= 15 is 0 Å². The van der Waals surface area contributed by atoms with Gasteiger partial charge in [0.25, 0.3) is 0 Å². The molecule has 2 aromatic carbocycles. The van der Waals surface area contributed by atoms with Crippen molar-refractivity contribution in [3.63, 3.8) is 0 Å². The lowest BCUT2D eigenvalue weighted by molar-refractivity contribution is -0.151. The SMILES string of the molecule is CC1(C)NC(C23CC(N(Cc4ccc(Cl)cc4)S(=O)(=O)c4ccccc4)(C2)C3)=N[C@H]1C(=O)O. The quantitative estimate of drug-likeness (QED) is 0.620. The van der Waals surface area contributed by atoms with E-state index in [1.54, 1.807) is 46.8 Å². The Hall–Kier alpha value is -2.42. The summed E-state index contributed by atoms with van der Waals surface area (Å²) < 4.78 is 29.0. The van der Waals surface area contributed by atoms with E-state index < -0.39 is 33.1 Å². The molecule has 6 rings (SSSR count). The Morgan fingerprint density at radius 2 is 1.73 bits per heavy atom. The van der Waals surface area contributed by atoms with Crippen LogP contribution < -0.4 is 5.32 Å². The van der Waals surface area contributed by atoms with Crippen molar-refractivity contribution < 1.29 is 18.3 Å². The smallest absolute Gasteiger partial charge is 0.330 e. The van der Waals surface area contributed by atoms with Crippen LogP contribution in [0.2, 0.25) is 5.02 Å². The summed E-state index contributed by atoms with van der Waals surface area (Å²) in [5.41, 5.74) is -0.611. The lowest BCUT2D eigenvalue weighted by Crippen LogP contribution is -2.78. The van der Waals surface area contributed by atoms with E-state index in [0.29, 0.717) is 30.1 Å². The minimum Gasteiger partial charge on any atom is -0.480 e. The number of benzene rings is 2. The van der Waals surface area contributed by atoms with Gasteiger partial charge in [0.1, 0.15) is 5.84 Å². The second-order valence-electron chi connectivity index (χ2n) is 10.1. The van der Waals surface area contributed by atoms with Gasteiger partial charge in [0, 0.05) is 22.5 Å². The topological polar surface area (TPSA) is 99.1 Å². The van der Waals surface area contributed by atoms with Crippen LogP contribution in [-0.4, -0.2) is 46.8 Å². The molecule has 1 atom stereocenters. The summed E-state index contributed by atoms with van der Waals surface area (Å²) in [7, 11) is -3.74. The summed E-state index contributed by atoms with van der Waals surface area (Å²) in [6, 6.07) is 14.8. The second kappa shape index (κ2) is 7.29. The zero-order valence-electron chi connectivity index (χ0n) is 18.5. The molecule has 2 N–H and O–H groups in total. The molecule has 0 radical (unpaired) electrons. The monoisotopic (exact) mass is 487 g/mol. The maximum Gasteiger partial charge on any atom is 0.330 e. The lowest BCUT2D eigenvalue weighted by Gasteiger charge is -2.73. The number of rotatable bonds is 7. The van der Waals surface area contributed by atoms with Gasteiger partial charge in [-0.3, -0.25) is 4.99 Å². The number of carboxylic acids is 1. The van der Waals surface area contributed by atoms with Crippen LogP contribution in [0.3, 0.4) is 0 Å². The zero-order chi connectivity index (χ0) is 23.6. The third-order valence-electron chi connectivity index (χ3n) is 7.22. The summed E-state index contributed by atoms with van der Waals surface area (Å²) in [6.45, 7) is 3.90. The molecule has 3 fully saturated rings. The first-order valence-corrected chi connectivity index (χ1v) is 12.7. The molecule has 33 heavy (non-hydrogen) atoms. The number of amidine groups is 1. The molecule has 0 aromatic heterocycles. The molecule has 3 aliphatic carbocycles. The van der Waals surface area contributed by atoms with Crippen LogP contribution in [-0.2, 0) is 21.4 Å². The van der Waals surface area contributed by atoms with Gasteiger partial charge in [0.15, 0.2) is 6.04 Å². The molecule has 0 saturated heterocycles. The van der Waals surface area contributed by atoms with Crippen LogP contribution in [0.15, 0.2) is 64.5 Å². The van der Waals surface area contributed by atoms with Gasteiger partial charge in [0.05, 0.1) is 10.4 Å². The number of hydrogen-bond donors (Lipinski definition) is 2. The Bertz CT molecular complexity index is 1220. The molecule has 4 aliphatic rings. The zero-order valence-corrected chi connectivity index (χ0v) is 20.0. The molecule has 174 valence electrons. The highest BCUT2D eigenvalue weighted by molar-refractivity contribution is 7.89. The first-order chi connectivity index (χ1) is 15.5. The van der Waals surface area contributed by atoms with E-state index in [4.69, 9.17) is 11.6 Å². The van der Waals surface area contributed by atoms with Crippen molar-refractivity contribution in [3.8, 4) is 0 Å². The van der Waals surface area contributed by atoms with E-state index in [1.165, 1.54) is 0 Å². The lowest BCUT2D eigenvalue weighted by atomic mass is 9.38. The van der Waals surface area contributed by atoms with Gasteiger partial charge in [-0.15, -0.1) is 0 Å². The molecular formula is C24H26ClN3O4S. The van der Waals surface area contributed by atoms with Crippen molar-refractivity contribution in [1.29, 1.82) is 0 Å². The van der Waals surface area contributed by atoms with E-state index in [2.05, 4.69) is 10.3 Å². The summed E-state index contributed by atoms with van der Waals surface area (Å²) >= 11 is 6.02. The average molecular weight is 488 g/mol. The molecule has 2 aromatic rings. The molecule has 0 unspecified atom stereocenters. The minimum atomic E-state index is -3.74. The maximum atomic E-state index is 13.7. The maximum absolute atomic E-state index is 13.7. The van der Waals surface area contributed by atoms with Crippen LogP contribution in [0.1, 0.15) is 38.7 Å². The number of aliphatic carboxylic acids is 1. The summed E-state index contributed by atoms with van der Waals surface area (Å²) in [5.74, 6) is -0.259. The summed E-state index contributed by atoms with van der Waals surface area (Å²) in [5, 5.41) is 13.5. The van der Waals surface area contributed by atoms with Crippen LogP contribution in [0.4, 0.5) is 0 Å². The third-order valence-corrected chi connectivity index (χ3v) is 9.44. The fraction of sp³-hybridized carbons (Fsp3) is 0.417. The Kier molecular flexibility index (Phi) is 4.94. The van der Waals surface area contributed by atoms with Crippen molar-refractivity contribution >= 4 is 33.4 Å². The highest BCUT2D eigenvalue weighted by Gasteiger charge is 2.75. The predicted octanol–water partition coefficient (Wildman–Crippen LogP) is 3.69. The molecule has 0 spiro atoms. The van der Waals surface area contributed by atoms with E-state index in [0.717, 1.165) is 5.56 Å². The first-order valence-electron chi connectivity index (χ1n) is 10.9. The van der Waals surface area contributed by atoms with Crippen LogP contribution >= 0.6 is 11.6 Å². The molecule has 7 nitrogen and oxygen atoms in total. The highest BCUT2D eigenvalue weighted by atomic mass is 35.5. The van der Waals surface area contributed by atoms with E-state index in [-0.39, 0.29) is 16.9 Å². The minimum absolute atomic E-state index is 0.244. The Balaban J connectivity index is 1.44. The van der Waals surface area contributed by atoms with Gasteiger partial charge >= 0.3 is 5.97 Å². The van der Waals surface area contributed by atoms with Crippen molar-refractivity contribution in [2.24, 2.45) is 10.4 Å². The Morgan fingerprint density at radius 1 is 1.12 bits per heavy atom. The fourth-order valence-electron chi connectivity index (χ4n) is 5.56. The summed E-state index contributed by atoms with van der Waals surface area (Å²) in [6.07, 6.45) is 1.86. The molecule has 0 amide bonds. The third kappa shape index (κ3) is 3.47. The number of aliphatic imine (C=N–C) groups is 1. The van der Waals surface area contributed by atoms with Gasteiger partial charge in [-0.1, -0.05) is 41.9 Å². The number of carbonyl (C=O) groups is 1. The van der Waals surface area contributed by atoms with E-state index in [9.17, 15) is 18.3 Å². The molecule has 9 heteroatoms. The van der Waals surface area contributed by atoms with Crippen LogP contribution in [0.25, 0.3) is 0 Å². The number of carboxylic acid groups (broad SMARTS) is 1. The number of nitrogens with one attached hydrogen (secondary N) is 1. The normalized spacial score (nSPS) is 29.6. The number of halogens is 1. The van der Waals surface area contributed by atoms with E-state index in [1.807, 2.05) is 26.0 Å². The van der Waals surface area contributed by atoms with Gasteiger partial charge in [0.2, 0.25) is 10.0 Å². The molecule has 2 bridgehead atoms. The average Bonchev–Trinajstić information content (AvgIpc) is 3.02. The molecule has 1 heterocycles. The number of sulfonamides is 1. The number of hydrogen-bond acceptors (Lipinski definition) is 5. The summed E-state index contributed by atoms with van der Waals surface area (Å²) in [4.78, 5) is 16.4. The van der Waals surface area contributed by atoms with Gasteiger partial charge < -0.3 is 10.4 Å². The highest BCUT2D eigenvalue weighted by Crippen LogP contribution is 2.71. The van der Waals surface area contributed by atoms with Crippen molar-refractivity contribution in [2.45, 2.75) is 61.7 Å². The van der Waals surface area contributed by atoms with Gasteiger partial charge in [-0.25, -0.2) is 13.2 Å². The van der Waals surface area contributed by atoms with Gasteiger partial charge in [-0.2, -0.15) is 4.31 Å². The van der Waals surface area contributed by atoms with Gasteiger partial charge in [-0.05, 0) is 62.9 Å². The fourth-order valence-corrected chi connectivity index (χ4v) is 7.47. The molecule has 1 aliphatic heterocycles. The first kappa shape index (κ1) is 22.4. The Labute approximate surface area is 198 Å². The van der Waals surface area contributed by atoms with Crippen molar-refractivity contribution in [3.05, 3.63) is 65.2 Å². The van der Waals surface area contributed by atoms with Crippen molar-refractivity contribution in [2.75, 3.05) is 0 Å². The van der Waals surface area contributed by atoms with Crippen molar-refractivity contribution in [1.82, 2.24) is 9.62 Å². The largest absolute Gasteiger partial charge is 0.480 e. The Morgan fingerprint density at radius 3 is 2.27 bits per heavy atom. The molecule has 3 saturated carbocycles. The molecular weight excluding hydrogens is 462 g/mol. The number of nitrogens with zero attached hydrogens (tertiary/aromatic N) is 2. The predicted molar refractivity (Wildman–Crippen MR) is 126 cm³/mol. The van der Waals surface area contributed by atoms with Crippen LogP contribution in [0.5, 0.6) is 0 Å². The standard InChI is InChI=1S/C24H26ClN3O4S/c1-22(2)19(20(29)30)26-21(27-22)23-13-24(14-23,15-23)28(12-16-8-10-17(25)11-9-16)33(31,32)18-6-4-3-5-7-18/h3-11,19H,12-15H2,1-2H3,(H,26,27)(H,29,30)/t19-,23?,24?/m0/s1. The second-order valence-corrected chi connectivity index (χ2v) is 12.4.